The molecule has 0 radical (unpaired) electrons. The highest BCUT2D eigenvalue weighted by Gasteiger charge is 2.45. The first-order valence-electron chi connectivity index (χ1n) is 8.68. The number of carbonyl (C=O) groups is 2. The topological polar surface area (TPSA) is 77.8 Å². The van der Waals surface area contributed by atoms with Crippen molar-refractivity contribution in [2.45, 2.75) is 13.0 Å². The summed E-state index contributed by atoms with van der Waals surface area (Å²) in [5.74, 6) is -1.81. The first-order chi connectivity index (χ1) is 13.5. The molecule has 2 N–H and O–H groups in total. The molecule has 28 heavy (non-hydrogen) atoms. The third kappa shape index (κ3) is 2.88. The molecule has 5 nitrogen and oxygen atoms in total. The molecule has 1 aliphatic rings. The van der Waals surface area contributed by atoms with Crippen LogP contribution in [0, 0.1) is 6.92 Å². The van der Waals surface area contributed by atoms with Gasteiger partial charge in [-0.3, -0.25) is 14.5 Å². The molecule has 2 aromatic carbocycles. The fourth-order valence-electron chi connectivity index (χ4n) is 3.45. The smallest absolute Gasteiger partial charge is 0.294 e. The quantitative estimate of drug-likeness (QED) is 0.640. The molecule has 3 aromatic rings. The van der Waals surface area contributed by atoms with E-state index in [0.29, 0.717) is 10.4 Å². The molecule has 1 atom stereocenters. The average Bonchev–Trinajstić information content (AvgIpc) is 3.30. The lowest BCUT2D eigenvalue weighted by molar-refractivity contribution is -0.117. The second kappa shape index (κ2) is 6.98. The number of ketones is 1. The van der Waals surface area contributed by atoms with Crippen molar-refractivity contribution in [2.24, 2.45) is 0 Å². The molecule has 1 aromatic heterocycles. The number of hydrogen-bond acceptors (Lipinski definition) is 5. The molecule has 0 saturated carbocycles. The zero-order chi connectivity index (χ0) is 19.8. The number of benzene rings is 2. The third-order valence-electron chi connectivity index (χ3n) is 4.70. The lowest BCUT2D eigenvalue weighted by atomic mass is 9.94. The number of amides is 1. The number of aliphatic hydroxyl groups is 1. The van der Waals surface area contributed by atoms with Gasteiger partial charge in [0.2, 0.25) is 5.78 Å². The van der Waals surface area contributed by atoms with Gasteiger partial charge < -0.3 is 10.2 Å². The summed E-state index contributed by atoms with van der Waals surface area (Å²) in [6.07, 6.45) is 0. The van der Waals surface area contributed by atoms with Crippen molar-refractivity contribution < 1.29 is 19.8 Å². The Labute approximate surface area is 165 Å². The predicted molar refractivity (Wildman–Crippen MR) is 108 cm³/mol. The van der Waals surface area contributed by atoms with Crippen molar-refractivity contribution >= 4 is 28.7 Å². The van der Waals surface area contributed by atoms with E-state index < -0.39 is 23.5 Å². The zero-order valence-electron chi connectivity index (χ0n) is 15.0. The van der Waals surface area contributed by atoms with Crippen LogP contribution in [-0.4, -0.2) is 21.9 Å². The number of phenolic OH excluding ortho intramolecular Hbond substituents is 1. The Balaban J connectivity index is 1.92. The fourth-order valence-corrected chi connectivity index (χ4v) is 4.13. The number of Topliss-reactive ketones (excluding diaryl/α,β-unsaturated/α-hetero) is 1. The Morgan fingerprint density at radius 3 is 2.50 bits per heavy atom. The molecule has 0 fully saturated rings. The molecule has 1 aliphatic heterocycles. The Morgan fingerprint density at radius 2 is 1.82 bits per heavy atom. The minimum Gasteiger partial charge on any atom is -0.506 e. The Hall–Kier alpha value is -3.38. The molecule has 4 rings (SSSR count). The molecule has 0 saturated heterocycles. The summed E-state index contributed by atoms with van der Waals surface area (Å²) in [7, 11) is 0. The molecule has 140 valence electrons. The normalized spacial score (nSPS) is 16.7. The molecule has 0 bridgehead atoms. The van der Waals surface area contributed by atoms with Crippen LogP contribution >= 0.6 is 11.3 Å². The number of para-hydroxylation sites is 2. The molecule has 0 aliphatic carbocycles. The Bertz CT molecular complexity index is 1100. The molecule has 6 heteroatoms. The standard InChI is InChI=1S/C22H17NO4S/c1-13-6-4-7-14(12-13)19-18(20(25)17-10-5-11-28-17)21(26)22(27)23(19)15-8-2-3-9-16(15)24/h2-12,19,24,26H,1H3. The van der Waals surface area contributed by atoms with Crippen LogP contribution in [0.3, 0.4) is 0 Å². The fraction of sp³-hybridized carbons (Fsp3) is 0.0909. The maximum atomic E-state index is 13.1. The van der Waals surface area contributed by atoms with Crippen molar-refractivity contribution in [3.8, 4) is 5.75 Å². The van der Waals surface area contributed by atoms with Crippen LogP contribution in [0.5, 0.6) is 5.75 Å². The van der Waals surface area contributed by atoms with Gasteiger partial charge >= 0.3 is 0 Å². The summed E-state index contributed by atoms with van der Waals surface area (Å²) < 4.78 is 0. The van der Waals surface area contributed by atoms with Crippen molar-refractivity contribution in [2.75, 3.05) is 4.90 Å². The number of aliphatic hydroxyl groups excluding tert-OH is 1. The predicted octanol–water partition coefficient (Wildman–Crippen LogP) is 4.55. The van der Waals surface area contributed by atoms with Crippen molar-refractivity contribution in [3.05, 3.63) is 93.4 Å². The zero-order valence-corrected chi connectivity index (χ0v) is 15.8. The summed E-state index contributed by atoms with van der Waals surface area (Å²) in [6.45, 7) is 1.91. The van der Waals surface area contributed by atoms with E-state index in [0.717, 1.165) is 5.56 Å². The van der Waals surface area contributed by atoms with Gasteiger partial charge in [0.05, 0.1) is 22.2 Å². The van der Waals surface area contributed by atoms with Gasteiger partial charge in [0.25, 0.3) is 5.91 Å². The van der Waals surface area contributed by atoms with Gasteiger partial charge in [0, 0.05) is 0 Å². The maximum absolute atomic E-state index is 13.1. The van der Waals surface area contributed by atoms with Crippen LogP contribution in [0.2, 0.25) is 0 Å². The molecule has 0 spiro atoms. The second-order valence-electron chi connectivity index (χ2n) is 6.55. The van der Waals surface area contributed by atoms with Gasteiger partial charge in [-0.25, -0.2) is 0 Å². The van der Waals surface area contributed by atoms with E-state index in [9.17, 15) is 19.8 Å². The molecular formula is C22H17NO4S. The van der Waals surface area contributed by atoms with E-state index in [1.54, 1.807) is 41.8 Å². The second-order valence-corrected chi connectivity index (χ2v) is 7.50. The van der Waals surface area contributed by atoms with E-state index in [2.05, 4.69) is 0 Å². The number of carbonyl (C=O) groups excluding carboxylic acids is 2. The molecule has 1 amide bonds. The average molecular weight is 391 g/mol. The minimum atomic E-state index is -0.838. The van der Waals surface area contributed by atoms with Crippen LogP contribution in [0.15, 0.2) is 77.4 Å². The van der Waals surface area contributed by atoms with Crippen LogP contribution in [0.4, 0.5) is 5.69 Å². The highest BCUT2D eigenvalue weighted by molar-refractivity contribution is 7.12. The number of thiophene rings is 1. The lowest BCUT2D eigenvalue weighted by Gasteiger charge is -2.27. The number of aromatic hydroxyl groups is 1. The molecule has 2 heterocycles. The van der Waals surface area contributed by atoms with Crippen LogP contribution in [0.1, 0.15) is 26.8 Å². The van der Waals surface area contributed by atoms with E-state index in [4.69, 9.17) is 0 Å². The number of nitrogens with zero attached hydrogens (tertiary/aromatic N) is 1. The van der Waals surface area contributed by atoms with E-state index in [1.165, 1.54) is 22.3 Å². The van der Waals surface area contributed by atoms with Gasteiger partial charge in [0.15, 0.2) is 5.76 Å². The van der Waals surface area contributed by atoms with Crippen molar-refractivity contribution in [1.29, 1.82) is 0 Å². The lowest BCUT2D eigenvalue weighted by Crippen LogP contribution is -2.31. The first kappa shape index (κ1) is 18.0. The first-order valence-corrected chi connectivity index (χ1v) is 9.56. The summed E-state index contributed by atoms with van der Waals surface area (Å²) in [5, 5.41) is 22.7. The molecular weight excluding hydrogens is 374 g/mol. The van der Waals surface area contributed by atoms with Crippen LogP contribution in [-0.2, 0) is 4.79 Å². The summed E-state index contributed by atoms with van der Waals surface area (Å²) >= 11 is 1.25. The SMILES string of the molecule is Cc1cccc(C2C(C(=O)c3cccs3)=C(O)C(=O)N2c2ccccc2O)c1. The number of rotatable bonds is 4. The van der Waals surface area contributed by atoms with E-state index in [-0.39, 0.29) is 17.0 Å². The summed E-state index contributed by atoms with van der Waals surface area (Å²) in [5.41, 5.74) is 1.89. The molecule has 1 unspecified atom stereocenters. The van der Waals surface area contributed by atoms with Gasteiger partial charge in [-0.05, 0) is 36.1 Å². The Kier molecular flexibility index (Phi) is 4.49. The van der Waals surface area contributed by atoms with Crippen molar-refractivity contribution in [3.63, 3.8) is 0 Å². The third-order valence-corrected chi connectivity index (χ3v) is 5.57. The largest absolute Gasteiger partial charge is 0.506 e. The number of phenols is 1. The highest BCUT2D eigenvalue weighted by Crippen LogP contribution is 2.44. The monoisotopic (exact) mass is 391 g/mol. The number of anilines is 1. The highest BCUT2D eigenvalue weighted by atomic mass is 32.1. The maximum Gasteiger partial charge on any atom is 0.294 e. The summed E-state index contributed by atoms with van der Waals surface area (Å²) in [4.78, 5) is 27.8. The van der Waals surface area contributed by atoms with E-state index in [1.807, 2.05) is 25.1 Å². The van der Waals surface area contributed by atoms with Gasteiger partial charge in [-0.15, -0.1) is 11.3 Å². The number of aryl methyl sites for hydroxylation is 1. The van der Waals surface area contributed by atoms with Gasteiger partial charge in [-0.2, -0.15) is 0 Å². The van der Waals surface area contributed by atoms with Gasteiger partial charge in [0.1, 0.15) is 5.75 Å². The minimum absolute atomic E-state index is 0.0151. The van der Waals surface area contributed by atoms with Gasteiger partial charge in [-0.1, -0.05) is 48.0 Å². The van der Waals surface area contributed by atoms with Crippen molar-refractivity contribution in [1.82, 2.24) is 0 Å². The van der Waals surface area contributed by atoms with E-state index >= 15 is 0 Å². The number of hydrogen-bond donors (Lipinski definition) is 2. The Morgan fingerprint density at radius 1 is 1.04 bits per heavy atom. The van der Waals surface area contributed by atoms with Crippen LogP contribution < -0.4 is 4.90 Å². The summed E-state index contributed by atoms with van der Waals surface area (Å²) in [6, 6.07) is 16.4. The van der Waals surface area contributed by atoms with Crippen LogP contribution in [0.25, 0.3) is 0 Å².